The minimum atomic E-state index is -0.465. The van der Waals surface area contributed by atoms with Crippen LogP contribution >= 0.6 is 0 Å². The Morgan fingerprint density at radius 2 is 2.17 bits per heavy atom. The quantitative estimate of drug-likeness (QED) is 0.813. The molecule has 0 aliphatic carbocycles. The molecule has 1 aromatic carbocycles. The second-order valence-electron chi connectivity index (χ2n) is 5.91. The Bertz CT molecular complexity index is 738. The highest BCUT2D eigenvalue weighted by Crippen LogP contribution is 2.29. The van der Waals surface area contributed by atoms with E-state index in [4.69, 9.17) is 4.42 Å². The van der Waals surface area contributed by atoms with Crippen LogP contribution in [0.5, 0.6) is 0 Å². The van der Waals surface area contributed by atoms with Gasteiger partial charge in [-0.25, -0.2) is 4.79 Å². The highest BCUT2D eigenvalue weighted by molar-refractivity contribution is 5.87. The zero-order valence-electron chi connectivity index (χ0n) is 13.3. The van der Waals surface area contributed by atoms with E-state index in [0.717, 1.165) is 28.7 Å². The third kappa shape index (κ3) is 3.16. The van der Waals surface area contributed by atoms with Gasteiger partial charge in [0.15, 0.2) is 0 Å². The summed E-state index contributed by atoms with van der Waals surface area (Å²) >= 11 is 0. The van der Waals surface area contributed by atoms with E-state index in [2.05, 4.69) is 16.0 Å². The smallest absolute Gasteiger partial charge is 0.316 e. The van der Waals surface area contributed by atoms with Crippen LogP contribution in [-0.4, -0.2) is 24.5 Å². The summed E-state index contributed by atoms with van der Waals surface area (Å²) in [5, 5.41) is 9.35. The number of piperidine rings is 1. The lowest BCUT2D eigenvalue weighted by atomic mass is 10.1. The monoisotopic (exact) mass is 315 g/mol. The van der Waals surface area contributed by atoms with Crippen molar-refractivity contribution in [2.24, 2.45) is 0 Å². The van der Waals surface area contributed by atoms with Gasteiger partial charge < -0.3 is 20.4 Å². The molecule has 1 saturated heterocycles. The predicted octanol–water partition coefficient (Wildman–Crippen LogP) is 2.38. The molecule has 1 unspecified atom stereocenters. The summed E-state index contributed by atoms with van der Waals surface area (Å²) in [7, 11) is 0. The minimum Gasteiger partial charge on any atom is -0.459 e. The van der Waals surface area contributed by atoms with E-state index in [-0.39, 0.29) is 18.0 Å². The van der Waals surface area contributed by atoms with E-state index in [1.807, 2.05) is 38.1 Å². The maximum Gasteiger partial charge on any atom is 0.316 e. The fraction of sp³-hybridized carbons (Fsp3) is 0.412. The van der Waals surface area contributed by atoms with Crippen molar-refractivity contribution < 1.29 is 14.0 Å². The number of hydrogen-bond donors (Lipinski definition) is 3. The third-order valence-electron chi connectivity index (χ3n) is 4.21. The van der Waals surface area contributed by atoms with E-state index in [1.165, 1.54) is 0 Å². The van der Waals surface area contributed by atoms with Crippen LogP contribution in [0.1, 0.15) is 37.1 Å². The third-order valence-corrected chi connectivity index (χ3v) is 4.21. The molecule has 1 aromatic heterocycles. The van der Waals surface area contributed by atoms with Gasteiger partial charge in [0.25, 0.3) is 0 Å². The fourth-order valence-electron chi connectivity index (χ4n) is 2.98. The van der Waals surface area contributed by atoms with E-state index >= 15 is 0 Å². The first-order valence-electron chi connectivity index (χ1n) is 7.89. The second-order valence-corrected chi connectivity index (χ2v) is 5.91. The molecule has 6 heteroatoms. The number of carbonyl (C=O) groups excluding carboxylic acids is 2. The molecule has 2 aromatic rings. The van der Waals surface area contributed by atoms with Crippen molar-refractivity contribution >= 4 is 22.9 Å². The molecule has 2 heterocycles. The van der Waals surface area contributed by atoms with E-state index < -0.39 is 6.04 Å². The van der Waals surface area contributed by atoms with E-state index in [9.17, 15) is 9.59 Å². The molecule has 1 fully saturated rings. The van der Waals surface area contributed by atoms with Crippen molar-refractivity contribution in [3.8, 4) is 0 Å². The summed E-state index contributed by atoms with van der Waals surface area (Å²) in [6.45, 7) is 4.52. The lowest BCUT2D eigenvalue weighted by molar-refractivity contribution is -0.124. The van der Waals surface area contributed by atoms with Crippen LogP contribution in [0.4, 0.5) is 4.79 Å². The Morgan fingerprint density at radius 3 is 2.91 bits per heavy atom. The Hall–Kier alpha value is -2.50. The first-order chi connectivity index (χ1) is 11.1. The molecule has 0 spiro atoms. The summed E-state index contributed by atoms with van der Waals surface area (Å²) in [6.07, 6.45) is 1.53. The van der Waals surface area contributed by atoms with Gasteiger partial charge >= 0.3 is 6.03 Å². The predicted molar refractivity (Wildman–Crippen MR) is 87.1 cm³/mol. The summed E-state index contributed by atoms with van der Waals surface area (Å²) in [5.41, 5.74) is 1.82. The van der Waals surface area contributed by atoms with Gasteiger partial charge in [0.2, 0.25) is 5.91 Å². The van der Waals surface area contributed by atoms with E-state index in [1.54, 1.807) is 0 Å². The molecule has 1 aliphatic heterocycles. The van der Waals surface area contributed by atoms with Crippen LogP contribution in [0.25, 0.3) is 11.0 Å². The number of rotatable bonds is 3. The maximum absolute atomic E-state index is 12.1. The number of hydrogen-bond acceptors (Lipinski definition) is 3. The first kappa shape index (κ1) is 15.4. The largest absolute Gasteiger partial charge is 0.459 e. The molecule has 0 radical (unpaired) electrons. The molecule has 1 aliphatic rings. The Morgan fingerprint density at radius 1 is 1.39 bits per heavy atom. The van der Waals surface area contributed by atoms with Crippen LogP contribution in [0.3, 0.4) is 0 Å². The molecular formula is C17H21N3O3. The van der Waals surface area contributed by atoms with Crippen molar-refractivity contribution in [1.29, 1.82) is 0 Å². The topological polar surface area (TPSA) is 83.4 Å². The molecule has 0 saturated carbocycles. The van der Waals surface area contributed by atoms with Crippen molar-refractivity contribution in [3.63, 3.8) is 0 Å². The number of aryl methyl sites for hydroxylation is 1. The van der Waals surface area contributed by atoms with Gasteiger partial charge in [-0.2, -0.15) is 0 Å². The van der Waals surface area contributed by atoms with Crippen molar-refractivity contribution in [3.05, 3.63) is 35.6 Å². The molecular weight excluding hydrogens is 294 g/mol. The summed E-state index contributed by atoms with van der Waals surface area (Å²) < 4.78 is 5.85. The second kappa shape index (κ2) is 6.32. The van der Waals surface area contributed by atoms with Gasteiger partial charge in [0.05, 0.1) is 6.04 Å². The molecule has 3 rings (SSSR count). The van der Waals surface area contributed by atoms with E-state index in [0.29, 0.717) is 13.0 Å². The minimum absolute atomic E-state index is 0.126. The molecule has 3 N–H and O–H groups in total. The normalized spacial score (nSPS) is 19.2. The van der Waals surface area contributed by atoms with Gasteiger partial charge in [0.1, 0.15) is 17.4 Å². The van der Waals surface area contributed by atoms with Gasteiger partial charge in [-0.05, 0) is 32.8 Å². The maximum atomic E-state index is 12.1. The zero-order valence-corrected chi connectivity index (χ0v) is 13.3. The number of para-hydroxylation sites is 1. The van der Waals surface area contributed by atoms with Crippen LogP contribution in [0, 0.1) is 6.92 Å². The molecule has 0 bridgehead atoms. The number of nitrogens with one attached hydrogen (secondary N) is 3. The highest BCUT2D eigenvalue weighted by Gasteiger charge is 2.25. The summed E-state index contributed by atoms with van der Waals surface area (Å²) in [5.74, 6) is 0.605. The Labute approximate surface area is 134 Å². The molecule has 3 amide bonds. The first-order valence-corrected chi connectivity index (χ1v) is 7.89. The average molecular weight is 315 g/mol. The number of urea groups is 1. The molecule has 6 nitrogen and oxygen atoms in total. The lowest BCUT2D eigenvalue weighted by Crippen LogP contribution is -2.53. The van der Waals surface area contributed by atoms with Crippen molar-refractivity contribution in [2.45, 2.75) is 38.8 Å². The Balaban J connectivity index is 1.67. The number of fused-ring (bicyclic) bond motifs is 1. The Kier molecular flexibility index (Phi) is 4.23. The molecule has 23 heavy (non-hydrogen) atoms. The summed E-state index contributed by atoms with van der Waals surface area (Å²) in [4.78, 5) is 23.8. The van der Waals surface area contributed by atoms with Gasteiger partial charge in [-0.1, -0.05) is 18.2 Å². The van der Waals surface area contributed by atoms with Gasteiger partial charge in [-0.15, -0.1) is 0 Å². The average Bonchev–Trinajstić information content (AvgIpc) is 2.87. The standard InChI is InChI=1S/C17H21N3O3/c1-10-12-6-3-4-8-14(12)23-15(10)11(2)19-17(22)20-13-7-5-9-18-16(13)21/h3-4,6,8,11,13H,5,7,9H2,1-2H3,(H,18,21)(H2,19,20,22)/t11-,13?/m0/s1. The number of carbonyl (C=O) groups is 2. The number of amides is 3. The van der Waals surface area contributed by atoms with Crippen LogP contribution in [0.2, 0.25) is 0 Å². The highest BCUT2D eigenvalue weighted by atomic mass is 16.3. The zero-order chi connectivity index (χ0) is 16.4. The fourth-order valence-corrected chi connectivity index (χ4v) is 2.98. The summed E-state index contributed by atoms with van der Waals surface area (Å²) in [6, 6.07) is 6.67. The lowest BCUT2D eigenvalue weighted by Gasteiger charge is -2.23. The van der Waals surface area contributed by atoms with Crippen molar-refractivity contribution in [2.75, 3.05) is 6.54 Å². The van der Waals surface area contributed by atoms with Gasteiger partial charge in [0, 0.05) is 17.5 Å². The SMILES string of the molecule is Cc1c([C@H](C)NC(=O)NC2CCCNC2=O)oc2ccccc12. The van der Waals surface area contributed by atoms with Crippen molar-refractivity contribution in [1.82, 2.24) is 16.0 Å². The number of furan rings is 1. The molecule has 122 valence electrons. The molecule has 2 atom stereocenters. The van der Waals surface area contributed by atoms with Crippen LogP contribution in [-0.2, 0) is 4.79 Å². The van der Waals surface area contributed by atoms with Gasteiger partial charge in [-0.3, -0.25) is 4.79 Å². The van der Waals surface area contributed by atoms with Crippen LogP contribution < -0.4 is 16.0 Å². The number of benzene rings is 1. The van der Waals surface area contributed by atoms with Crippen LogP contribution in [0.15, 0.2) is 28.7 Å².